The van der Waals surface area contributed by atoms with Gasteiger partial charge in [0, 0.05) is 38.1 Å². The van der Waals surface area contributed by atoms with Gasteiger partial charge < -0.3 is 9.64 Å². The first kappa shape index (κ1) is 16.1. The summed E-state index contributed by atoms with van der Waals surface area (Å²) in [6, 6.07) is 11.1. The number of likely N-dealkylation sites (tertiary alicyclic amines) is 1. The SMILES string of the molecule is C[C@@H]1CN(C2CCN(C(=O)[C@@H]3C[C@@H]3c3ccccc3)CC2)CCO1. The smallest absolute Gasteiger partial charge is 0.226 e. The van der Waals surface area contributed by atoms with Crippen molar-refractivity contribution in [1.29, 1.82) is 0 Å². The van der Waals surface area contributed by atoms with E-state index < -0.39 is 0 Å². The molecule has 0 radical (unpaired) electrons. The van der Waals surface area contributed by atoms with Crippen LogP contribution in [0.3, 0.4) is 0 Å². The minimum atomic E-state index is 0.229. The monoisotopic (exact) mass is 328 g/mol. The maximum atomic E-state index is 12.8. The fraction of sp³-hybridized carbons (Fsp3) is 0.650. The summed E-state index contributed by atoms with van der Waals surface area (Å²) in [5, 5.41) is 0. The second-order valence-electron chi connectivity index (χ2n) is 7.59. The molecule has 0 bridgehead atoms. The average molecular weight is 328 g/mol. The van der Waals surface area contributed by atoms with Crippen LogP contribution in [-0.4, -0.2) is 60.6 Å². The Morgan fingerprint density at radius 1 is 1.12 bits per heavy atom. The molecule has 3 aliphatic rings. The minimum absolute atomic E-state index is 0.229. The second kappa shape index (κ2) is 6.85. The van der Waals surface area contributed by atoms with Crippen molar-refractivity contribution in [3.05, 3.63) is 35.9 Å². The molecule has 2 aliphatic heterocycles. The van der Waals surface area contributed by atoms with Crippen molar-refractivity contribution < 1.29 is 9.53 Å². The molecule has 4 nitrogen and oxygen atoms in total. The summed E-state index contributed by atoms with van der Waals surface area (Å²) in [6.07, 6.45) is 3.60. The maximum absolute atomic E-state index is 12.8. The zero-order valence-electron chi connectivity index (χ0n) is 14.6. The van der Waals surface area contributed by atoms with Gasteiger partial charge in [0.25, 0.3) is 0 Å². The largest absolute Gasteiger partial charge is 0.376 e. The van der Waals surface area contributed by atoms with Crippen molar-refractivity contribution in [1.82, 2.24) is 9.80 Å². The van der Waals surface area contributed by atoms with E-state index in [0.29, 0.717) is 24.0 Å². The van der Waals surface area contributed by atoms with Crippen LogP contribution in [0.1, 0.15) is 37.7 Å². The third-order valence-electron chi connectivity index (χ3n) is 5.90. The lowest BCUT2D eigenvalue weighted by atomic mass is 10.0. The first-order valence-corrected chi connectivity index (χ1v) is 9.42. The maximum Gasteiger partial charge on any atom is 0.226 e. The molecule has 1 aromatic carbocycles. The van der Waals surface area contributed by atoms with E-state index in [2.05, 4.69) is 41.0 Å². The Morgan fingerprint density at radius 2 is 1.88 bits per heavy atom. The van der Waals surface area contributed by atoms with Gasteiger partial charge in [-0.25, -0.2) is 0 Å². The number of hydrogen-bond acceptors (Lipinski definition) is 3. The highest BCUT2D eigenvalue weighted by atomic mass is 16.5. The second-order valence-corrected chi connectivity index (χ2v) is 7.59. The molecule has 1 aliphatic carbocycles. The van der Waals surface area contributed by atoms with Crippen LogP contribution in [-0.2, 0) is 9.53 Å². The van der Waals surface area contributed by atoms with Gasteiger partial charge in [0.2, 0.25) is 5.91 Å². The third-order valence-corrected chi connectivity index (χ3v) is 5.90. The summed E-state index contributed by atoms with van der Waals surface area (Å²) in [5.41, 5.74) is 1.33. The third kappa shape index (κ3) is 3.35. The van der Waals surface area contributed by atoms with E-state index in [-0.39, 0.29) is 5.92 Å². The van der Waals surface area contributed by atoms with Crippen molar-refractivity contribution >= 4 is 5.91 Å². The van der Waals surface area contributed by atoms with Crippen molar-refractivity contribution in [2.24, 2.45) is 5.92 Å². The van der Waals surface area contributed by atoms with E-state index in [9.17, 15) is 4.79 Å². The molecule has 3 atom stereocenters. The van der Waals surface area contributed by atoms with Crippen LogP contribution in [0.4, 0.5) is 0 Å². The number of nitrogens with zero attached hydrogens (tertiary/aromatic N) is 2. The summed E-state index contributed by atoms with van der Waals surface area (Å²) in [5.74, 6) is 1.07. The molecule has 0 spiro atoms. The van der Waals surface area contributed by atoms with Crippen LogP contribution in [0.15, 0.2) is 30.3 Å². The van der Waals surface area contributed by atoms with Crippen molar-refractivity contribution in [3.63, 3.8) is 0 Å². The zero-order chi connectivity index (χ0) is 16.5. The van der Waals surface area contributed by atoms with Gasteiger partial charge >= 0.3 is 0 Å². The minimum Gasteiger partial charge on any atom is -0.376 e. The Kier molecular flexibility index (Phi) is 4.59. The summed E-state index contributed by atoms with van der Waals surface area (Å²) in [4.78, 5) is 17.5. The van der Waals surface area contributed by atoms with Crippen molar-refractivity contribution in [2.75, 3.05) is 32.8 Å². The number of rotatable bonds is 3. The fourth-order valence-corrected chi connectivity index (χ4v) is 4.40. The van der Waals surface area contributed by atoms with Gasteiger partial charge in [0.15, 0.2) is 0 Å². The normalized spacial score (nSPS) is 31.9. The highest BCUT2D eigenvalue weighted by Gasteiger charge is 2.46. The van der Waals surface area contributed by atoms with Crippen molar-refractivity contribution in [3.8, 4) is 0 Å². The number of carbonyl (C=O) groups is 1. The van der Waals surface area contributed by atoms with E-state index in [1.807, 2.05) is 6.07 Å². The molecule has 4 heteroatoms. The van der Waals surface area contributed by atoms with Gasteiger partial charge in [-0.05, 0) is 37.7 Å². The molecule has 3 fully saturated rings. The van der Waals surface area contributed by atoms with Crippen LogP contribution in [0, 0.1) is 5.92 Å². The van der Waals surface area contributed by atoms with Crippen molar-refractivity contribution in [2.45, 2.75) is 44.2 Å². The molecule has 0 unspecified atom stereocenters. The Balaban J connectivity index is 1.28. The van der Waals surface area contributed by atoms with E-state index in [0.717, 1.165) is 52.0 Å². The van der Waals surface area contributed by atoms with Crippen LogP contribution in [0.5, 0.6) is 0 Å². The Bertz CT molecular complexity index is 568. The molecular formula is C20H28N2O2. The number of amides is 1. The molecule has 2 heterocycles. The van der Waals surface area contributed by atoms with Crippen LogP contribution in [0.2, 0.25) is 0 Å². The van der Waals surface area contributed by atoms with Gasteiger partial charge in [0.05, 0.1) is 12.7 Å². The highest BCUT2D eigenvalue weighted by Crippen LogP contribution is 2.48. The lowest BCUT2D eigenvalue weighted by Crippen LogP contribution is -2.52. The molecule has 4 rings (SSSR count). The molecule has 2 saturated heterocycles. The lowest BCUT2D eigenvalue weighted by Gasteiger charge is -2.41. The highest BCUT2D eigenvalue weighted by molar-refractivity contribution is 5.83. The number of ether oxygens (including phenoxy) is 1. The van der Waals surface area contributed by atoms with Crippen LogP contribution >= 0.6 is 0 Å². The van der Waals surface area contributed by atoms with Gasteiger partial charge in [-0.3, -0.25) is 9.69 Å². The lowest BCUT2D eigenvalue weighted by molar-refractivity contribution is -0.134. The van der Waals surface area contributed by atoms with E-state index in [1.165, 1.54) is 5.56 Å². The fourth-order valence-electron chi connectivity index (χ4n) is 4.40. The molecule has 0 aromatic heterocycles. The van der Waals surface area contributed by atoms with E-state index in [4.69, 9.17) is 4.74 Å². The standard InChI is InChI=1S/C20H28N2O2/c1-15-14-22(11-12-24-15)17-7-9-21(10-8-17)20(23)19-13-18(19)16-5-3-2-4-6-16/h2-6,15,17-19H,7-14H2,1H3/t15-,18-,19-/m1/s1. The molecule has 130 valence electrons. The number of carbonyl (C=O) groups excluding carboxylic acids is 1. The van der Waals surface area contributed by atoms with Gasteiger partial charge in [-0.15, -0.1) is 0 Å². The Hall–Kier alpha value is -1.39. The first-order chi connectivity index (χ1) is 11.7. The zero-order valence-corrected chi connectivity index (χ0v) is 14.6. The molecular weight excluding hydrogens is 300 g/mol. The first-order valence-electron chi connectivity index (χ1n) is 9.42. The predicted octanol–water partition coefficient (Wildman–Crippen LogP) is 2.50. The molecule has 1 saturated carbocycles. The molecule has 0 N–H and O–H groups in total. The summed E-state index contributed by atoms with van der Waals surface area (Å²) >= 11 is 0. The van der Waals surface area contributed by atoms with E-state index >= 15 is 0 Å². The predicted molar refractivity (Wildman–Crippen MR) is 93.9 cm³/mol. The number of morpholine rings is 1. The Morgan fingerprint density at radius 3 is 2.58 bits per heavy atom. The molecule has 24 heavy (non-hydrogen) atoms. The number of piperidine rings is 1. The molecule has 1 aromatic rings. The summed E-state index contributed by atoms with van der Waals surface area (Å²) in [6.45, 7) is 6.93. The summed E-state index contributed by atoms with van der Waals surface area (Å²) in [7, 11) is 0. The number of benzene rings is 1. The van der Waals surface area contributed by atoms with Crippen LogP contribution < -0.4 is 0 Å². The Labute approximate surface area is 144 Å². The average Bonchev–Trinajstić information content (AvgIpc) is 3.43. The topological polar surface area (TPSA) is 32.8 Å². The summed E-state index contributed by atoms with van der Waals surface area (Å²) < 4.78 is 5.65. The quantitative estimate of drug-likeness (QED) is 0.855. The van der Waals surface area contributed by atoms with Gasteiger partial charge in [0.1, 0.15) is 0 Å². The molecule has 1 amide bonds. The van der Waals surface area contributed by atoms with Gasteiger partial charge in [-0.1, -0.05) is 30.3 Å². The number of hydrogen-bond donors (Lipinski definition) is 0. The van der Waals surface area contributed by atoms with E-state index in [1.54, 1.807) is 0 Å². The van der Waals surface area contributed by atoms with Gasteiger partial charge in [-0.2, -0.15) is 0 Å². The van der Waals surface area contributed by atoms with Crippen LogP contribution in [0.25, 0.3) is 0 Å².